The van der Waals surface area contributed by atoms with Gasteiger partial charge in [-0.05, 0) is 31.0 Å². The van der Waals surface area contributed by atoms with Gasteiger partial charge < -0.3 is 5.32 Å². The molecule has 1 aliphatic rings. The molecule has 0 saturated carbocycles. The van der Waals surface area contributed by atoms with Crippen LogP contribution in [-0.4, -0.2) is 20.2 Å². The molecule has 1 heterocycles. The van der Waals surface area contributed by atoms with Crippen LogP contribution in [0.25, 0.3) is 0 Å². The second kappa shape index (κ2) is 5.41. The molecule has 2 unspecified atom stereocenters. The first-order valence-corrected chi connectivity index (χ1v) is 8.23. The molecule has 0 saturated heterocycles. The molecule has 18 heavy (non-hydrogen) atoms. The van der Waals surface area contributed by atoms with Crippen molar-refractivity contribution < 1.29 is 8.42 Å². The maximum Gasteiger partial charge on any atom is 0.183 e. The van der Waals surface area contributed by atoms with E-state index in [1.54, 1.807) is 6.07 Å². The molecular weight excluding hydrogens is 246 g/mol. The van der Waals surface area contributed by atoms with E-state index in [1.807, 2.05) is 25.1 Å². The Morgan fingerprint density at radius 1 is 1.17 bits per heavy atom. The number of hydrogen-bond acceptors (Lipinski definition) is 3. The molecule has 3 nitrogen and oxygen atoms in total. The highest BCUT2D eigenvalue weighted by Crippen LogP contribution is 2.40. The Labute approximate surface area is 110 Å². The highest BCUT2D eigenvalue weighted by atomic mass is 32.2. The predicted molar refractivity (Wildman–Crippen MR) is 73.4 cm³/mol. The fourth-order valence-corrected chi connectivity index (χ4v) is 4.95. The van der Waals surface area contributed by atoms with Crippen LogP contribution in [-0.2, 0) is 9.84 Å². The standard InChI is InChI=1S/C14H21NO2S/c1-3-7-13-14(15-10-4-2)11-8-5-6-9-12(11)18(13,16)17/h5-6,8-9,13-15H,3-4,7,10H2,1-2H3. The minimum absolute atomic E-state index is 0.0360. The number of rotatable bonds is 5. The van der Waals surface area contributed by atoms with Gasteiger partial charge in [0.25, 0.3) is 0 Å². The Balaban J connectivity index is 2.42. The van der Waals surface area contributed by atoms with Crippen LogP contribution < -0.4 is 5.32 Å². The van der Waals surface area contributed by atoms with Gasteiger partial charge in [0, 0.05) is 0 Å². The fraction of sp³-hybridized carbons (Fsp3) is 0.571. The van der Waals surface area contributed by atoms with Crippen LogP contribution in [0.3, 0.4) is 0 Å². The fourth-order valence-electron chi connectivity index (χ4n) is 2.69. The van der Waals surface area contributed by atoms with Gasteiger partial charge in [-0.1, -0.05) is 38.5 Å². The lowest BCUT2D eigenvalue weighted by Crippen LogP contribution is -2.32. The lowest BCUT2D eigenvalue weighted by atomic mass is 10.0. The number of fused-ring (bicyclic) bond motifs is 1. The van der Waals surface area contributed by atoms with Crippen molar-refractivity contribution in [2.45, 2.75) is 49.3 Å². The van der Waals surface area contributed by atoms with Crippen LogP contribution in [0.2, 0.25) is 0 Å². The van der Waals surface area contributed by atoms with Crippen molar-refractivity contribution in [1.82, 2.24) is 5.32 Å². The summed E-state index contributed by atoms with van der Waals surface area (Å²) in [6, 6.07) is 7.37. The Bertz CT molecular complexity index is 510. The predicted octanol–water partition coefficient (Wildman–Crippen LogP) is 2.68. The van der Waals surface area contributed by atoms with Crippen molar-refractivity contribution in [3.63, 3.8) is 0 Å². The largest absolute Gasteiger partial charge is 0.309 e. The summed E-state index contributed by atoms with van der Waals surface area (Å²) < 4.78 is 25.0. The maximum atomic E-state index is 12.5. The summed E-state index contributed by atoms with van der Waals surface area (Å²) in [6.45, 7) is 4.99. The quantitative estimate of drug-likeness (QED) is 0.892. The van der Waals surface area contributed by atoms with Crippen molar-refractivity contribution in [3.05, 3.63) is 29.8 Å². The first kappa shape index (κ1) is 13.6. The maximum absolute atomic E-state index is 12.5. The Hall–Kier alpha value is -0.870. The van der Waals surface area contributed by atoms with Crippen LogP contribution in [0.4, 0.5) is 0 Å². The highest BCUT2D eigenvalue weighted by Gasteiger charge is 2.43. The number of hydrogen-bond donors (Lipinski definition) is 1. The molecule has 1 aliphatic heterocycles. The molecule has 0 fully saturated rings. The molecule has 100 valence electrons. The van der Waals surface area contributed by atoms with E-state index in [1.165, 1.54) is 0 Å². The van der Waals surface area contributed by atoms with Gasteiger partial charge in [0.2, 0.25) is 0 Å². The van der Waals surface area contributed by atoms with E-state index in [4.69, 9.17) is 0 Å². The summed E-state index contributed by atoms with van der Waals surface area (Å²) in [6.07, 6.45) is 2.62. The lowest BCUT2D eigenvalue weighted by Gasteiger charge is -2.20. The summed E-state index contributed by atoms with van der Waals surface area (Å²) >= 11 is 0. The second-order valence-corrected chi connectivity index (χ2v) is 6.98. The van der Waals surface area contributed by atoms with Crippen LogP contribution in [0.1, 0.15) is 44.7 Å². The third-order valence-corrected chi connectivity index (χ3v) is 5.81. The Kier molecular flexibility index (Phi) is 4.07. The topological polar surface area (TPSA) is 46.2 Å². The molecule has 2 rings (SSSR count). The number of benzene rings is 1. The zero-order valence-corrected chi connectivity index (χ0v) is 11.8. The molecule has 1 N–H and O–H groups in total. The van der Waals surface area contributed by atoms with E-state index in [9.17, 15) is 8.42 Å². The van der Waals surface area contributed by atoms with E-state index >= 15 is 0 Å². The molecule has 0 amide bonds. The molecule has 0 radical (unpaired) electrons. The van der Waals surface area contributed by atoms with Crippen LogP contribution in [0.15, 0.2) is 29.2 Å². The molecule has 0 aliphatic carbocycles. The normalized spacial score (nSPS) is 25.0. The molecule has 0 spiro atoms. The molecule has 1 aromatic carbocycles. The molecule has 0 aromatic heterocycles. The van der Waals surface area contributed by atoms with Crippen LogP contribution in [0, 0.1) is 0 Å². The third-order valence-electron chi connectivity index (χ3n) is 3.52. The first-order chi connectivity index (χ1) is 8.62. The summed E-state index contributed by atoms with van der Waals surface area (Å²) in [5.41, 5.74) is 0.949. The molecule has 0 bridgehead atoms. The average Bonchev–Trinajstić information content (AvgIpc) is 2.58. The third kappa shape index (κ3) is 2.19. The van der Waals surface area contributed by atoms with E-state index < -0.39 is 9.84 Å². The van der Waals surface area contributed by atoms with Crippen molar-refractivity contribution in [1.29, 1.82) is 0 Å². The van der Waals surface area contributed by atoms with Crippen LogP contribution in [0.5, 0.6) is 0 Å². The van der Waals surface area contributed by atoms with Gasteiger partial charge in [-0.25, -0.2) is 8.42 Å². The molecule has 2 atom stereocenters. The Morgan fingerprint density at radius 2 is 1.89 bits per heavy atom. The number of nitrogens with one attached hydrogen (secondary N) is 1. The molecule has 1 aromatic rings. The van der Waals surface area contributed by atoms with Gasteiger partial charge in [0.15, 0.2) is 9.84 Å². The van der Waals surface area contributed by atoms with Crippen molar-refractivity contribution in [2.75, 3.05) is 6.54 Å². The van der Waals surface area contributed by atoms with E-state index in [0.29, 0.717) is 4.90 Å². The summed E-state index contributed by atoms with van der Waals surface area (Å²) in [5.74, 6) is 0. The number of sulfone groups is 1. The summed E-state index contributed by atoms with van der Waals surface area (Å²) in [4.78, 5) is 0.525. The minimum atomic E-state index is -3.15. The molecule has 4 heteroatoms. The highest BCUT2D eigenvalue weighted by molar-refractivity contribution is 7.92. The lowest BCUT2D eigenvalue weighted by molar-refractivity contribution is 0.481. The second-order valence-electron chi connectivity index (χ2n) is 4.84. The van der Waals surface area contributed by atoms with Crippen molar-refractivity contribution in [2.24, 2.45) is 0 Å². The molecular formula is C14H21NO2S. The van der Waals surface area contributed by atoms with E-state index in [0.717, 1.165) is 31.4 Å². The Morgan fingerprint density at radius 3 is 2.56 bits per heavy atom. The first-order valence-electron chi connectivity index (χ1n) is 6.69. The monoisotopic (exact) mass is 267 g/mol. The zero-order valence-electron chi connectivity index (χ0n) is 11.0. The van der Waals surface area contributed by atoms with E-state index in [2.05, 4.69) is 12.2 Å². The van der Waals surface area contributed by atoms with Gasteiger partial charge in [-0.2, -0.15) is 0 Å². The van der Waals surface area contributed by atoms with Gasteiger partial charge in [0.1, 0.15) is 0 Å². The summed E-state index contributed by atoms with van der Waals surface area (Å²) in [5, 5.41) is 3.10. The van der Waals surface area contributed by atoms with Crippen molar-refractivity contribution in [3.8, 4) is 0 Å². The zero-order chi connectivity index (χ0) is 13.2. The van der Waals surface area contributed by atoms with E-state index in [-0.39, 0.29) is 11.3 Å². The van der Waals surface area contributed by atoms with Gasteiger partial charge >= 0.3 is 0 Å². The summed E-state index contributed by atoms with van der Waals surface area (Å²) in [7, 11) is -3.15. The van der Waals surface area contributed by atoms with Gasteiger partial charge in [-0.3, -0.25) is 0 Å². The van der Waals surface area contributed by atoms with Crippen molar-refractivity contribution >= 4 is 9.84 Å². The van der Waals surface area contributed by atoms with Gasteiger partial charge in [0.05, 0.1) is 16.2 Å². The van der Waals surface area contributed by atoms with Crippen LogP contribution >= 0.6 is 0 Å². The van der Waals surface area contributed by atoms with Gasteiger partial charge in [-0.15, -0.1) is 0 Å². The smallest absolute Gasteiger partial charge is 0.183 e. The SMILES string of the molecule is CCCNC1c2ccccc2S(=O)(=O)C1CCC. The average molecular weight is 267 g/mol. The minimum Gasteiger partial charge on any atom is -0.309 e.